The van der Waals surface area contributed by atoms with Crippen LogP contribution in [0.3, 0.4) is 0 Å². The summed E-state index contributed by atoms with van der Waals surface area (Å²) in [6, 6.07) is 0. The molecule has 8 heteroatoms. The number of hydrogen-bond donors (Lipinski definition) is 2. The average molecular weight is 239 g/mol. The van der Waals surface area contributed by atoms with Crippen molar-refractivity contribution in [3.05, 3.63) is 0 Å². The van der Waals surface area contributed by atoms with Crippen LogP contribution in [0.4, 0.5) is 0 Å². The number of hydrogen-bond acceptors (Lipinski definition) is 3. The molecule has 0 amide bonds. The average Bonchev–Trinajstić information content (AvgIpc) is 1.14. The standard InChI is InChI=1S/C2H8O5P2.Zn/c1-8(3,4)7-9(2,5)6;/h1-2H3,(H,3,4)(H,5,6);. The minimum absolute atomic E-state index is 0. The fourth-order valence-corrected chi connectivity index (χ4v) is 2.53. The summed E-state index contributed by atoms with van der Waals surface area (Å²) in [6.07, 6.45) is 0. The molecular weight excluding hydrogens is 231 g/mol. The summed E-state index contributed by atoms with van der Waals surface area (Å²) in [5, 5.41) is 0. The monoisotopic (exact) mass is 238 g/mol. The predicted octanol–water partition coefficient (Wildman–Crippen LogP) is 0.631. The van der Waals surface area contributed by atoms with E-state index in [0.717, 1.165) is 13.3 Å². The maximum absolute atomic E-state index is 10.2. The molecule has 0 radical (unpaired) electrons. The Morgan fingerprint density at radius 1 is 1.10 bits per heavy atom. The zero-order valence-corrected chi connectivity index (χ0v) is 10.5. The van der Waals surface area contributed by atoms with E-state index in [0.29, 0.717) is 0 Å². The van der Waals surface area contributed by atoms with Gasteiger partial charge in [-0.2, -0.15) is 0 Å². The fourth-order valence-electron chi connectivity index (χ4n) is 0.281. The van der Waals surface area contributed by atoms with Crippen LogP contribution in [-0.4, -0.2) is 23.1 Å². The quantitative estimate of drug-likeness (QED) is 0.545. The molecule has 10 heavy (non-hydrogen) atoms. The van der Waals surface area contributed by atoms with E-state index < -0.39 is 15.2 Å². The molecule has 0 aliphatic carbocycles. The van der Waals surface area contributed by atoms with E-state index in [-0.39, 0.29) is 19.5 Å². The molecule has 2 unspecified atom stereocenters. The van der Waals surface area contributed by atoms with Crippen LogP contribution in [0.15, 0.2) is 0 Å². The smallest absolute Gasteiger partial charge is 0.324 e. The van der Waals surface area contributed by atoms with Crippen LogP contribution < -0.4 is 0 Å². The zero-order valence-electron chi connectivity index (χ0n) is 5.72. The Kier molecular flexibility index (Phi) is 5.56. The molecule has 0 heterocycles. The van der Waals surface area contributed by atoms with Gasteiger partial charge in [-0.1, -0.05) is 0 Å². The maximum Gasteiger partial charge on any atom is 0.332 e. The molecule has 0 saturated carbocycles. The molecule has 0 fully saturated rings. The van der Waals surface area contributed by atoms with Crippen LogP contribution in [0.25, 0.3) is 0 Å². The molecular formula is C2H8O5P2Zn. The topological polar surface area (TPSA) is 83.8 Å². The molecule has 0 aliphatic rings. The van der Waals surface area contributed by atoms with E-state index >= 15 is 0 Å². The predicted molar refractivity (Wildman–Crippen MR) is 32.6 cm³/mol. The van der Waals surface area contributed by atoms with Gasteiger partial charge in [0.2, 0.25) is 0 Å². The first kappa shape index (κ1) is 13.5. The van der Waals surface area contributed by atoms with Crippen LogP contribution in [0.2, 0.25) is 0 Å². The minimum Gasteiger partial charge on any atom is -0.324 e. The third-order valence-corrected chi connectivity index (χ3v) is 2.73. The third-order valence-electron chi connectivity index (χ3n) is 0.303. The molecule has 0 rings (SSSR count). The van der Waals surface area contributed by atoms with E-state index in [4.69, 9.17) is 9.79 Å². The van der Waals surface area contributed by atoms with Crippen molar-refractivity contribution in [1.82, 2.24) is 0 Å². The summed E-state index contributed by atoms with van der Waals surface area (Å²) in [5.41, 5.74) is 0. The summed E-state index contributed by atoms with van der Waals surface area (Å²) in [6.45, 7) is 1.69. The van der Waals surface area contributed by atoms with Gasteiger partial charge in [0.05, 0.1) is 0 Å². The van der Waals surface area contributed by atoms with Crippen LogP contribution in [0.5, 0.6) is 0 Å². The van der Waals surface area contributed by atoms with Crippen LogP contribution >= 0.6 is 15.2 Å². The van der Waals surface area contributed by atoms with Gasteiger partial charge in [-0.25, -0.2) is 4.31 Å². The van der Waals surface area contributed by atoms with E-state index in [1.165, 1.54) is 0 Å². The van der Waals surface area contributed by atoms with Crippen LogP contribution in [-0.2, 0) is 32.9 Å². The van der Waals surface area contributed by atoms with Gasteiger partial charge in [-0.05, 0) is 0 Å². The van der Waals surface area contributed by atoms with Gasteiger partial charge in [0.25, 0.3) is 0 Å². The Morgan fingerprint density at radius 3 is 1.30 bits per heavy atom. The van der Waals surface area contributed by atoms with Gasteiger partial charge in [0.1, 0.15) is 0 Å². The van der Waals surface area contributed by atoms with Gasteiger partial charge in [-0.15, -0.1) is 0 Å². The summed E-state index contributed by atoms with van der Waals surface area (Å²) >= 11 is 0. The van der Waals surface area contributed by atoms with Gasteiger partial charge >= 0.3 is 15.2 Å². The Morgan fingerprint density at radius 2 is 1.30 bits per heavy atom. The van der Waals surface area contributed by atoms with Crippen LogP contribution in [0.1, 0.15) is 0 Å². The molecule has 58 valence electrons. The summed E-state index contributed by atoms with van der Waals surface area (Å²) in [7, 11) is -7.60. The molecule has 2 N–H and O–H groups in total. The van der Waals surface area contributed by atoms with Crippen LogP contribution in [0, 0.1) is 0 Å². The second-order valence-corrected chi connectivity index (χ2v) is 5.55. The largest absolute Gasteiger partial charge is 0.332 e. The molecule has 5 nitrogen and oxygen atoms in total. The van der Waals surface area contributed by atoms with Crippen molar-refractivity contribution in [3.63, 3.8) is 0 Å². The summed E-state index contributed by atoms with van der Waals surface area (Å²) in [4.78, 5) is 16.7. The fraction of sp³-hybridized carbons (Fsp3) is 1.00. The molecule has 0 aromatic heterocycles. The first-order valence-electron chi connectivity index (χ1n) is 2.02. The second-order valence-electron chi connectivity index (χ2n) is 1.69. The van der Waals surface area contributed by atoms with E-state index in [1.54, 1.807) is 0 Å². The summed E-state index contributed by atoms with van der Waals surface area (Å²) < 4.78 is 24.3. The zero-order chi connectivity index (χ0) is 7.71. The Bertz CT molecular complexity index is 158. The van der Waals surface area contributed by atoms with Crippen molar-refractivity contribution in [2.45, 2.75) is 0 Å². The van der Waals surface area contributed by atoms with Crippen molar-refractivity contribution < 1.29 is 42.7 Å². The number of rotatable bonds is 2. The molecule has 0 saturated heterocycles. The second kappa shape index (κ2) is 4.11. The van der Waals surface area contributed by atoms with Gasteiger partial charge < -0.3 is 9.79 Å². The van der Waals surface area contributed by atoms with Crippen molar-refractivity contribution >= 4 is 15.2 Å². The van der Waals surface area contributed by atoms with Gasteiger partial charge in [0, 0.05) is 32.8 Å². The Labute approximate surface area is 71.6 Å². The van der Waals surface area contributed by atoms with E-state index in [1.807, 2.05) is 0 Å². The van der Waals surface area contributed by atoms with Crippen molar-refractivity contribution in [2.75, 3.05) is 13.3 Å². The van der Waals surface area contributed by atoms with Gasteiger partial charge in [-0.3, -0.25) is 9.13 Å². The van der Waals surface area contributed by atoms with E-state index in [9.17, 15) is 9.13 Å². The first-order valence-corrected chi connectivity index (χ1v) is 6.07. The summed E-state index contributed by atoms with van der Waals surface area (Å²) in [5.74, 6) is 0. The Hall–Kier alpha value is 0.963. The first-order chi connectivity index (χ1) is 3.71. The normalized spacial score (nSPS) is 22.0. The molecule has 0 bridgehead atoms. The SMILES string of the molecule is CP(=O)(O)OP(C)(=O)O.[Zn]. The molecule has 0 aliphatic heterocycles. The van der Waals surface area contributed by atoms with Crippen molar-refractivity contribution in [3.8, 4) is 0 Å². The van der Waals surface area contributed by atoms with Gasteiger partial charge in [0.15, 0.2) is 0 Å². The molecule has 0 aromatic carbocycles. The molecule has 0 spiro atoms. The third kappa shape index (κ3) is 11.7. The maximum atomic E-state index is 10.2. The van der Waals surface area contributed by atoms with Crippen molar-refractivity contribution in [1.29, 1.82) is 0 Å². The minimum atomic E-state index is -3.80. The van der Waals surface area contributed by atoms with E-state index in [2.05, 4.69) is 4.31 Å². The molecule has 2 atom stereocenters. The molecule has 0 aromatic rings. The Balaban J connectivity index is 0. The van der Waals surface area contributed by atoms with Crippen molar-refractivity contribution in [2.24, 2.45) is 0 Å².